The molecule has 2 rings (SSSR count). The summed E-state index contributed by atoms with van der Waals surface area (Å²) in [7, 11) is 0. The first kappa shape index (κ1) is 9.97. The van der Waals surface area contributed by atoms with Gasteiger partial charge in [-0.1, -0.05) is 13.0 Å². The van der Waals surface area contributed by atoms with Crippen LogP contribution in [0, 0.1) is 11.3 Å². The molecule has 0 spiro atoms. The van der Waals surface area contributed by atoms with Crippen molar-refractivity contribution < 1.29 is 0 Å². The number of nitrogens with zero attached hydrogens (tertiary/aromatic N) is 2. The lowest BCUT2D eigenvalue weighted by Crippen LogP contribution is -2.44. The van der Waals surface area contributed by atoms with E-state index in [1.807, 2.05) is 12.1 Å². The van der Waals surface area contributed by atoms with E-state index in [4.69, 9.17) is 5.26 Å². The predicted octanol–water partition coefficient (Wildman–Crippen LogP) is 2.70. The molecule has 0 amide bonds. The Hall–Kier alpha value is -1.56. The summed E-state index contributed by atoms with van der Waals surface area (Å²) < 4.78 is 0. The minimum absolute atomic E-state index is 0.237. The zero-order valence-electron chi connectivity index (χ0n) is 8.95. The molecule has 0 aliphatic heterocycles. The molecule has 15 heavy (non-hydrogen) atoms. The van der Waals surface area contributed by atoms with Gasteiger partial charge in [0.15, 0.2) is 0 Å². The number of pyridine rings is 1. The molecule has 3 nitrogen and oxygen atoms in total. The van der Waals surface area contributed by atoms with E-state index in [9.17, 15) is 0 Å². The number of hydrogen-bond acceptors (Lipinski definition) is 3. The van der Waals surface area contributed by atoms with Gasteiger partial charge in [0, 0.05) is 5.54 Å². The molecule has 78 valence electrons. The third kappa shape index (κ3) is 1.94. The molecule has 1 aliphatic carbocycles. The highest BCUT2D eigenvalue weighted by Gasteiger charge is 2.35. The summed E-state index contributed by atoms with van der Waals surface area (Å²) in [6.45, 7) is 2.19. The average Bonchev–Trinajstić information content (AvgIpc) is 2.24. The molecule has 1 heterocycles. The van der Waals surface area contributed by atoms with Gasteiger partial charge in [0.1, 0.15) is 17.6 Å². The summed E-state index contributed by atoms with van der Waals surface area (Å²) in [4.78, 5) is 4.23. The van der Waals surface area contributed by atoms with Crippen LogP contribution in [0.25, 0.3) is 0 Å². The van der Waals surface area contributed by atoms with Crippen LogP contribution in [0.4, 0.5) is 5.82 Å². The molecule has 0 unspecified atom stereocenters. The van der Waals surface area contributed by atoms with Gasteiger partial charge in [-0.25, -0.2) is 4.98 Å². The molecule has 0 bridgehead atoms. The van der Waals surface area contributed by atoms with Crippen LogP contribution in [-0.4, -0.2) is 10.5 Å². The van der Waals surface area contributed by atoms with Gasteiger partial charge in [0.05, 0.1) is 0 Å². The molecular formula is C12H15N3. The van der Waals surface area contributed by atoms with Crippen LogP contribution < -0.4 is 5.32 Å². The van der Waals surface area contributed by atoms with Gasteiger partial charge in [-0.05, 0) is 37.8 Å². The summed E-state index contributed by atoms with van der Waals surface area (Å²) in [6.07, 6.45) is 4.83. The van der Waals surface area contributed by atoms with E-state index >= 15 is 0 Å². The van der Waals surface area contributed by atoms with Crippen molar-refractivity contribution in [3.05, 3.63) is 23.9 Å². The van der Waals surface area contributed by atoms with Gasteiger partial charge in [-0.15, -0.1) is 0 Å². The first-order valence-electron chi connectivity index (χ1n) is 5.43. The number of nitriles is 1. The first-order chi connectivity index (χ1) is 7.28. The maximum atomic E-state index is 8.75. The Bertz CT molecular complexity index is 383. The van der Waals surface area contributed by atoms with E-state index < -0.39 is 0 Å². The van der Waals surface area contributed by atoms with E-state index in [0.29, 0.717) is 5.69 Å². The second-order valence-corrected chi connectivity index (χ2v) is 4.13. The first-order valence-corrected chi connectivity index (χ1v) is 5.43. The maximum absolute atomic E-state index is 8.75. The van der Waals surface area contributed by atoms with Crippen LogP contribution in [-0.2, 0) is 0 Å². The van der Waals surface area contributed by atoms with Gasteiger partial charge >= 0.3 is 0 Å². The molecule has 0 aromatic carbocycles. The largest absolute Gasteiger partial charge is 0.365 e. The maximum Gasteiger partial charge on any atom is 0.142 e. The highest BCUT2D eigenvalue weighted by Crippen LogP contribution is 2.37. The van der Waals surface area contributed by atoms with E-state index in [1.54, 1.807) is 6.07 Å². The summed E-state index contributed by atoms with van der Waals surface area (Å²) in [6, 6.07) is 7.58. The summed E-state index contributed by atoms with van der Waals surface area (Å²) in [5, 5.41) is 12.2. The topological polar surface area (TPSA) is 48.7 Å². The summed E-state index contributed by atoms with van der Waals surface area (Å²) in [5.41, 5.74) is 0.715. The highest BCUT2D eigenvalue weighted by molar-refractivity contribution is 5.41. The molecule has 1 aromatic rings. The Kier molecular flexibility index (Phi) is 2.59. The van der Waals surface area contributed by atoms with E-state index in [-0.39, 0.29) is 5.54 Å². The molecule has 0 atom stereocenters. The van der Waals surface area contributed by atoms with Crippen molar-refractivity contribution in [2.24, 2.45) is 0 Å². The Morgan fingerprint density at radius 1 is 1.53 bits per heavy atom. The van der Waals surface area contributed by atoms with Gasteiger partial charge < -0.3 is 5.32 Å². The smallest absolute Gasteiger partial charge is 0.142 e. The number of rotatable bonds is 3. The third-order valence-corrected chi connectivity index (χ3v) is 3.24. The Morgan fingerprint density at radius 3 is 2.87 bits per heavy atom. The van der Waals surface area contributed by atoms with Crippen LogP contribution in [0.15, 0.2) is 18.2 Å². The Morgan fingerprint density at radius 2 is 2.33 bits per heavy atom. The van der Waals surface area contributed by atoms with E-state index in [1.165, 1.54) is 19.3 Å². The summed E-state index contributed by atoms with van der Waals surface area (Å²) >= 11 is 0. The Balaban J connectivity index is 2.13. The minimum Gasteiger partial charge on any atom is -0.365 e. The molecule has 0 radical (unpaired) electrons. The zero-order chi connectivity index (χ0) is 10.7. The Labute approximate surface area is 90.1 Å². The van der Waals surface area contributed by atoms with E-state index in [2.05, 4.69) is 23.3 Å². The predicted molar refractivity (Wildman–Crippen MR) is 59.4 cm³/mol. The molecular weight excluding hydrogens is 186 g/mol. The monoisotopic (exact) mass is 201 g/mol. The lowest BCUT2D eigenvalue weighted by atomic mass is 9.75. The highest BCUT2D eigenvalue weighted by atomic mass is 15.1. The fourth-order valence-corrected chi connectivity index (χ4v) is 2.01. The van der Waals surface area contributed by atoms with Gasteiger partial charge in [-0.3, -0.25) is 0 Å². The number of aromatic nitrogens is 1. The summed E-state index contributed by atoms with van der Waals surface area (Å²) in [5.74, 6) is 0.829. The van der Waals surface area contributed by atoms with Crippen LogP contribution >= 0.6 is 0 Å². The van der Waals surface area contributed by atoms with Gasteiger partial charge in [-0.2, -0.15) is 5.26 Å². The lowest BCUT2D eigenvalue weighted by molar-refractivity contribution is 0.269. The molecule has 1 aromatic heterocycles. The van der Waals surface area contributed by atoms with Crippen molar-refractivity contribution in [1.82, 2.24) is 4.98 Å². The van der Waals surface area contributed by atoms with Crippen LogP contribution in [0.2, 0.25) is 0 Å². The quantitative estimate of drug-likeness (QED) is 0.818. The van der Waals surface area contributed by atoms with Gasteiger partial charge in [0.2, 0.25) is 0 Å². The third-order valence-electron chi connectivity index (χ3n) is 3.24. The molecule has 3 heteroatoms. The van der Waals surface area contributed by atoms with Crippen molar-refractivity contribution in [2.45, 2.75) is 38.1 Å². The van der Waals surface area contributed by atoms with Gasteiger partial charge in [0.25, 0.3) is 0 Å². The van der Waals surface area contributed by atoms with Crippen LogP contribution in [0.1, 0.15) is 38.3 Å². The van der Waals surface area contributed by atoms with Crippen molar-refractivity contribution in [2.75, 3.05) is 5.32 Å². The van der Waals surface area contributed by atoms with E-state index in [0.717, 1.165) is 12.2 Å². The second-order valence-electron chi connectivity index (χ2n) is 4.13. The fourth-order valence-electron chi connectivity index (χ4n) is 2.01. The number of anilines is 1. The normalized spacial score (nSPS) is 17.6. The molecule has 1 aliphatic rings. The molecule has 0 saturated heterocycles. The lowest BCUT2D eigenvalue weighted by Gasteiger charge is -2.42. The fraction of sp³-hybridized carbons (Fsp3) is 0.500. The molecule has 1 saturated carbocycles. The standard InChI is InChI=1S/C12H15N3/c1-2-12(7-4-8-12)15-11-6-3-5-10(9-13)14-11/h3,5-6H,2,4,7-8H2,1H3,(H,14,15). The molecule has 1 N–H and O–H groups in total. The zero-order valence-corrected chi connectivity index (χ0v) is 8.95. The van der Waals surface area contributed by atoms with Crippen LogP contribution in [0.3, 0.4) is 0 Å². The van der Waals surface area contributed by atoms with Crippen molar-refractivity contribution in [3.8, 4) is 6.07 Å². The minimum atomic E-state index is 0.237. The van der Waals surface area contributed by atoms with Crippen molar-refractivity contribution >= 4 is 5.82 Å². The van der Waals surface area contributed by atoms with Crippen LogP contribution in [0.5, 0.6) is 0 Å². The molecule has 1 fully saturated rings. The van der Waals surface area contributed by atoms with Crippen molar-refractivity contribution in [1.29, 1.82) is 5.26 Å². The number of hydrogen-bond donors (Lipinski definition) is 1. The van der Waals surface area contributed by atoms with Crippen molar-refractivity contribution in [3.63, 3.8) is 0 Å². The number of nitrogens with one attached hydrogen (secondary N) is 1. The average molecular weight is 201 g/mol. The SMILES string of the molecule is CCC1(Nc2cccc(C#N)n2)CCC1. The second kappa shape index (κ2) is 3.90.